The smallest absolute Gasteiger partial charge is 0.326 e. The van der Waals surface area contributed by atoms with Gasteiger partial charge in [0, 0.05) is 54.4 Å². The van der Waals surface area contributed by atoms with Crippen LogP contribution >= 0.6 is 23.2 Å². The lowest BCUT2D eigenvalue weighted by Crippen LogP contribution is -2.60. The topological polar surface area (TPSA) is 92.6 Å². The van der Waals surface area contributed by atoms with Crippen molar-refractivity contribution in [2.24, 2.45) is 4.99 Å². The van der Waals surface area contributed by atoms with Gasteiger partial charge in [-0.05, 0) is 76.4 Å². The summed E-state index contributed by atoms with van der Waals surface area (Å²) < 4.78 is 18.0. The molecule has 4 heterocycles. The Morgan fingerprint density at radius 2 is 1.55 bits per heavy atom. The number of piperazine rings is 1. The van der Waals surface area contributed by atoms with Gasteiger partial charge in [-0.15, -0.1) is 0 Å². The number of halogens is 2. The SMILES string of the molecule is CCOc1nc(C(C)(C)C)ncc1C1=N[C@@](C)(c2ccc(Cl)cc2)[C@@](C)(c2ccc(Cl)cc2)N1C(=O)N1CCN(CC[C@@H]2COC(C)(C)O2)CC1. The van der Waals surface area contributed by atoms with Crippen LogP contribution in [0, 0.1) is 0 Å². The van der Waals surface area contributed by atoms with Crippen LogP contribution in [0.5, 0.6) is 5.88 Å². The minimum atomic E-state index is -1.02. The minimum absolute atomic E-state index is 0.0695. The number of rotatable bonds is 8. The molecule has 12 heteroatoms. The van der Waals surface area contributed by atoms with Crippen molar-refractivity contribution >= 4 is 35.1 Å². The van der Waals surface area contributed by atoms with Crippen LogP contribution in [0.15, 0.2) is 59.7 Å². The molecule has 0 spiro atoms. The summed E-state index contributed by atoms with van der Waals surface area (Å²) in [6.07, 6.45) is 2.70. The van der Waals surface area contributed by atoms with Gasteiger partial charge in [0.2, 0.25) is 5.88 Å². The van der Waals surface area contributed by atoms with Crippen molar-refractivity contribution < 1.29 is 19.0 Å². The van der Waals surface area contributed by atoms with Gasteiger partial charge >= 0.3 is 6.03 Å². The summed E-state index contributed by atoms with van der Waals surface area (Å²) in [5.41, 5.74) is 0.0154. The van der Waals surface area contributed by atoms with E-state index in [0.717, 1.165) is 37.2 Å². The number of amides is 2. The molecular weight excluding hydrogens is 687 g/mol. The van der Waals surface area contributed by atoms with E-state index >= 15 is 4.79 Å². The van der Waals surface area contributed by atoms with Gasteiger partial charge in [0.1, 0.15) is 22.7 Å². The van der Waals surface area contributed by atoms with E-state index in [0.29, 0.717) is 59.5 Å². The maximum atomic E-state index is 15.2. The van der Waals surface area contributed by atoms with E-state index in [-0.39, 0.29) is 17.6 Å². The molecule has 6 rings (SSSR count). The van der Waals surface area contributed by atoms with Gasteiger partial charge in [-0.2, -0.15) is 4.98 Å². The summed E-state index contributed by atoms with van der Waals surface area (Å²) in [7, 11) is 0. The zero-order valence-electron chi connectivity index (χ0n) is 31.0. The number of nitrogens with zero attached hydrogens (tertiary/aromatic N) is 6. The lowest BCUT2D eigenvalue weighted by Gasteiger charge is -2.47. The summed E-state index contributed by atoms with van der Waals surface area (Å²) in [4.78, 5) is 36.6. The van der Waals surface area contributed by atoms with E-state index in [9.17, 15) is 0 Å². The van der Waals surface area contributed by atoms with E-state index in [2.05, 4.69) is 39.5 Å². The van der Waals surface area contributed by atoms with Crippen LogP contribution in [0.25, 0.3) is 0 Å². The van der Waals surface area contributed by atoms with Crippen LogP contribution < -0.4 is 4.74 Å². The lowest BCUT2D eigenvalue weighted by molar-refractivity contribution is -0.139. The highest BCUT2D eigenvalue weighted by Gasteiger charge is 2.60. The molecule has 0 aliphatic carbocycles. The Hall–Kier alpha value is -3.28. The second kappa shape index (κ2) is 14.3. The summed E-state index contributed by atoms with van der Waals surface area (Å²) in [5, 5.41) is 1.22. The fourth-order valence-electron chi connectivity index (χ4n) is 7.23. The molecule has 0 N–H and O–H groups in total. The molecule has 2 fully saturated rings. The predicted molar refractivity (Wildman–Crippen MR) is 201 cm³/mol. The van der Waals surface area contributed by atoms with Crippen LogP contribution in [0.4, 0.5) is 4.79 Å². The molecule has 1 aromatic heterocycles. The minimum Gasteiger partial charge on any atom is -0.477 e. The van der Waals surface area contributed by atoms with Gasteiger partial charge in [0.25, 0.3) is 0 Å². The molecule has 274 valence electrons. The normalized spacial score (nSPS) is 25.3. The molecular formula is C39H50Cl2N6O4. The van der Waals surface area contributed by atoms with Crippen LogP contribution in [0.1, 0.15) is 84.3 Å². The zero-order chi connectivity index (χ0) is 36.8. The molecule has 2 saturated heterocycles. The highest BCUT2D eigenvalue weighted by atomic mass is 35.5. The molecule has 3 aliphatic heterocycles. The largest absolute Gasteiger partial charge is 0.477 e. The molecule has 0 saturated carbocycles. The monoisotopic (exact) mass is 736 g/mol. The van der Waals surface area contributed by atoms with Crippen molar-refractivity contribution in [2.75, 3.05) is 45.9 Å². The lowest BCUT2D eigenvalue weighted by atomic mass is 9.71. The number of benzene rings is 2. The molecule has 3 aliphatic rings. The molecule has 10 nitrogen and oxygen atoms in total. The number of aliphatic imine (C=N–C) groups is 1. The molecule has 0 radical (unpaired) electrons. The molecule has 0 unspecified atom stereocenters. The number of urea groups is 1. The third-order valence-electron chi connectivity index (χ3n) is 10.4. The maximum Gasteiger partial charge on any atom is 0.326 e. The Balaban J connectivity index is 1.42. The Bertz CT molecular complexity index is 1750. The summed E-state index contributed by atoms with van der Waals surface area (Å²) in [6, 6.07) is 15.2. The number of carbonyl (C=O) groups excluding carboxylic acids is 1. The van der Waals surface area contributed by atoms with E-state index in [1.165, 1.54) is 0 Å². The van der Waals surface area contributed by atoms with E-state index in [4.69, 9.17) is 52.4 Å². The fourth-order valence-corrected chi connectivity index (χ4v) is 7.48. The van der Waals surface area contributed by atoms with Gasteiger partial charge in [-0.3, -0.25) is 14.8 Å². The molecule has 2 amide bonds. The van der Waals surface area contributed by atoms with E-state index in [1.807, 2.05) is 79.1 Å². The molecule has 2 aromatic carbocycles. The zero-order valence-corrected chi connectivity index (χ0v) is 32.5. The number of ether oxygens (including phenoxy) is 3. The average molecular weight is 738 g/mol. The fraction of sp³-hybridized carbons (Fsp3) is 0.538. The predicted octanol–water partition coefficient (Wildman–Crippen LogP) is 7.65. The number of amidine groups is 1. The first-order valence-corrected chi connectivity index (χ1v) is 18.6. The second-order valence-corrected chi connectivity index (χ2v) is 16.2. The highest BCUT2D eigenvalue weighted by molar-refractivity contribution is 6.30. The van der Waals surface area contributed by atoms with Crippen molar-refractivity contribution in [3.05, 3.63) is 87.3 Å². The van der Waals surface area contributed by atoms with Crippen LogP contribution in [0.3, 0.4) is 0 Å². The van der Waals surface area contributed by atoms with Crippen molar-refractivity contribution in [3.8, 4) is 5.88 Å². The van der Waals surface area contributed by atoms with Crippen molar-refractivity contribution in [3.63, 3.8) is 0 Å². The first kappa shape index (κ1) is 37.5. The molecule has 51 heavy (non-hydrogen) atoms. The standard InChI is InChI=1S/C39H50Cl2N6O4/c1-9-49-33-31(24-42-34(43-33)36(2,3)4)32-44-38(7,26-10-14-28(40)15-11-26)39(8,27-12-16-29(41)17-13-27)47(32)35(48)46-22-20-45(21-23-46)19-18-30-25-50-37(5,6)51-30/h10-17,24,30H,9,18-23,25H2,1-8H3/t30-,38+,39-/m1/s1. The van der Waals surface area contributed by atoms with Gasteiger partial charge < -0.3 is 19.1 Å². The van der Waals surface area contributed by atoms with Crippen molar-refractivity contribution in [1.82, 2.24) is 24.7 Å². The van der Waals surface area contributed by atoms with Crippen molar-refractivity contribution in [1.29, 1.82) is 0 Å². The van der Waals surface area contributed by atoms with E-state index in [1.54, 1.807) is 6.20 Å². The van der Waals surface area contributed by atoms with Gasteiger partial charge in [0.05, 0.1) is 24.9 Å². The van der Waals surface area contributed by atoms with Crippen LogP contribution in [0.2, 0.25) is 10.0 Å². The molecule has 0 bridgehead atoms. The second-order valence-electron chi connectivity index (χ2n) is 15.4. The van der Waals surface area contributed by atoms with Crippen molar-refractivity contribution in [2.45, 2.75) is 90.2 Å². The molecule has 3 atom stereocenters. The van der Waals surface area contributed by atoms with Gasteiger partial charge in [0.15, 0.2) is 5.79 Å². The Morgan fingerprint density at radius 3 is 2.10 bits per heavy atom. The van der Waals surface area contributed by atoms with Gasteiger partial charge in [-0.1, -0.05) is 68.2 Å². The third kappa shape index (κ3) is 7.35. The molecule has 3 aromatic rings. The summed E-state index contributed by atoms with van der Waals surface area (Å²) >= 11 is 12.8. The van der Waals surface area contributed by atoms with Crippen LogP contribution in [-0.2, 0) is 26.0 Å². The average Bonchev–Trinajstić information content (AvgIpc) is 3.57. The summed E-state index contributed by atoms with van der Waals surface area (Å²) in [5.74, 6) is 0.935. The first-order valence-electron chi connectivity index (χ1n) is 17.8. The van der Waals surface area contributed by atoms with Gasteiger partial charge in [-0.25, -0.2) is 9.78 Å². The van der Waals surface area contributed by atoms with E-state index < -0.39 is 16.9 Å². The number of hydrogen-bond acceptors (Lipinski definition) is 8. The maximum absolute atomic E-state index is 15.2. The Labute approximate surface area is 312 Å². The highest BCUT2D eigenvalue weighted by Crippen LogP contribution is 2.54. The number of aromatic nitrogens is 2. The van der Waals surface area contributed by atoms with Crippen LogP contribution in [-0.4, -0.2) is 94.4 Å². The number of carbonyl (C=O) groups is 1. The Kier molecular flexibility index (Phi) is 10.5. The Morgan fingerprint density at radius 1 is 0.941 bits per heavy atom. The quantitative estimate of drug-likeness (QED) is 0.235. The third-order valence-corrected chi connectivity index (χ3v) is 10.9. The number of hydrogen-bond donors (Lipinski definition) is 0. The summed E-state index contributed by atoms with van der Waals surface area (Å²) in [6.45, 7) is 20.6. The first-order chi connectivity index (χ1) is 24.1.